The van der Waals surface area contributed by atoms with Gasteiger partial charge < -0.3 is 20.5 Å². The van der Waals surface area contributed by atoms with Gasteiger partial charge in [-0.25, -0.2) is 0 Å². The van der Waals surface area contributed by atoms with Crippen LogP contribution in [0.1, 0.15) is 30.9 Å². The number of hydrogen-bond acceptors (Lipinski definition) is 4. The van der Waals surface area contributed by atoms with E-state index >= 15 is 0 Å². The van der Waals surface area contributed by atoms with Crippen LogP contribution in [0.3, 0.4) is 0 Å². The molecule has 1 heterocycles. The Morgan fingerprint density at radius 1 is 1.09 bits per heavy atom. The monoisotopic (exact) mass is 572 g/mol. The number of aliphatic hydroxyl groups is 1. The minimum absolute atomic E-state index is 0. The molecule has 1 unspecified atom stereocenters. The first-order chi connectivity index (χ1) is 15.0. The molecular weight excluding hydrogens is 539 g/mol. The van der Waals surface area contributed by atoms with E-state index in [1.54, 1.807) is 7.05 Å². The van der Waals surface area contributed by atoms with E-state index in [0.717, 1.165) is 44.2 Å². The van der Waals surface area contributed by atoms with Gasteiger partial charge in [-0.15, -0.1) is 24.0 Å². The molecule has 0 saturated carbocycles. The number of aliphatic hydroxyl groups excluding tert-OH is 1. The Bertz CT molecular complexity index is 825. The lowest BCUT2D eigenvalue weighted by Gasteiger charge is -2.29. The van der Waals surface area contributed by atoms with E-state index in [1.807, 2.05) is 31.2 Å². The van der Waals surface area contributed by atoms with Crippen LogP contribution in [0.5, 0.6) is 5.75 Å². The second kappa shape index (κ2) is 13.9. The van der Waals surface area contributed by atoms with Crippen molar-refractivity contribution in [2.45, 2.75) is 45.1 Å². The second-order valence-electron chi connectivity index (χ2n) is 8.01. The minimum Gasteiger partial charge on any atom is -0.489 e. The Hall–Kier alpha value is -1.55. The summed E-state index contributed by atoms with van der Waals surface area (Å²) in [5, 5.41) is 17.0. The molecule has 8 heteroatoms. The van der Waals surface area contributed by atoms with Crippen molar-refractivity contribution in [2.75, 3.05) is 26.7 Å². The van der Waals surface area contributed by atoms with Gasteiger partial charge in [0.05, 0.1) is 12.6 Å². The lowest BCUT2D eigenvalue weighted by Crippen LogP contribution is -2.41. The fourth-order valence-corrected chi connectivity index (χ4v) is 3.66. The first kappa shape index (κ1) is 26.7. The summed E-state index contributed by atoms with van der Waals surface area (Å²) in [6.45, 7) is 6.21. The van der Waals surface area contributed by atoms with E-state index in [0.29, 0.717) is 18.1 Å². The highest BCUT2D eigenvalue weighted by Crippen LogP contribution is 2.17. The first-order valence-electron chi connectivity index (χ1n) is 10.9. The van der Waals surface area contributed by atoms with Gasteiger partial charge >= 0.3 is 0 Å². The zero-order chi connectivity index (χ0) is 22.1. The zero-order valence-corrected chi connectivity index (χ0v) is 21.8. The van der Waals surface area contributed by atoms with Crippen molar-refractivity contribution in [3.8, 4) is 5.75 Å². The molecular formula is C24H34ClIN4O2. The van der Waals surface area contributed by atoms with Crippen LogP contribution in [0.25, 0.3) is 0 Å². The molecule has 176 valence electrons. The highest BCUT2D eigenvalue weighted by Gasteiger charge is 2.16. The number of piperidine rings is 1. The van der Waals surface area contributed by atoms with Gasteiger partial charge in [0.1, 0.15) is 11.9 Å². The van der Waals surface area contributed by atoms with Crippen LogP contribution < -0.4 is 15.4 Å². The molecule has 1 aliphatic heterocycles. The van der Waals surface area contributed by atoms with Crippen LogP contribution in [0.2, 0.25) is 5.02 Å². The van der Waals surface area contributed by atoms with Crippen LogP contribution in [0, 0.1) is 0 Å². The summed E-state index contributed by atoms with van der Waals surface area (Å²) >= 11 is 5.91. The third-order valence-corrected chi connectivity index (χ3v) is 5.63. The number of benzene rings is 2. The van der Waals surface area contributed by atoms with E-state index in [4.69, 9.17) is 16.3 Å². The quantitative estimate of drug-likeness (QED) is 0.253. The molecule has 2 aromatic rings. The summed E-state index contributed by atoms with van der Waals surface area (Å²) in [5.74, 6) is 1.53. The molecule has 0 spiro atoms. The Morgan fingerprint density at radius 2 is 1.72 bits per heavy atom. The molecule has 0 aliphatic carbocycles. The molecule has 1 fully saturated rings. The number of rotatable bonds is 8. The maximum Gasteiger partial charge on any atom is 0.191 e. The fourth-order valence-electron chi connectivity index (χ4n) is 3.53. The summed E-state index contributed by atoms with van der Waals surface area (Å²) in [6.07, 6.45) is 1.60. The number of guanidine groups is 1. The highest BCUT2D eigenvalue weighted by atomic mass is 127. The normalized spacial score (nSPS) is 16.2. The van der Waals surface area contributed by atoms with Crippen molar-refractivity contribution in [1.82, 2.24) is 15.5 Å². The van der Waals surface area contributed by atoms with Crippen molar-refractivity contribution >= 4 is 41.5 Å². The van der Waals surface area contributed by atoms with Gasteiger partial charge in [0.15, 0.2) is 5.96 Å². The van der Waals surface area contributed by atoms with Crippen LogP contribution in [0.4, 0.5) is 0 Å². The molecule has 1 saturated heterocycles. The Kier molecular flexibility index (Phi) is 11.6. The van der Waals surface area contributed by atoms with Crippen molar-refractivity contribution in [1.29, 1.82) is 0 Å². The largest absolute Gasteiger partial charge is 0.489 e. The molecule has 0 radical (unpaired) electrons. The molecule has 3 rings (SSSR count). The van der Waals surface area contributed by atoms with Gasteiger partial charge in [0, 0.05) is 38.2 Å². The predicted octanol–water partition coefficient (Wildman–Crippen LogP) is 4.05. The summed E-state index contributed by atoms with van der Waals surface area (Å²) in [6, 6.07) is 16.0. The third-order valence-electron chi connectivity index (χ3n) is 5.38. The maximum absolute atomic E-state index is 9.64. The molecule has 1 atom stereocenters. The zero-order valence-electron chi connectivity index (χ0n) is 18.8. The summed E-state index contributed by atoms with van der Waals surface area (Å²) in [7, 11) is 1.76. The van der Waals surface area contributed by atoms with E-state index in [1.165, 1.54) is 11.1 Å². The van der Waals surface area contributed by atoms with E-state index < -0.39 is 0 Å². The van der Waals surface area contributed by atoms with Crippen LogP contribution >= 0.6 is 35.6 Å². The molecule has 6 nitrogen and oxygen atoms in total. The Morgan fingerprint density at radius 3 is 2.34 bits per heavy atom. The number of aliphatic imine (C=N–C) groups is 1. The average molecular weight is 573 g/mol. The van der Waals surface area contributed by atoms with Gasteiger partial charge in [0.25, 0.3) is 0 Å². The van der Waals surface area contributed by atoms with Crippen LogP contribution in [-0.2, 0) is 13.1 Å². The highest BCUT2D eigenvalue weighted by molar-refractivity contribution is 14.0. The number of likely N-dealkylation sites (tertiary alicyclic amines) is 1. The molecule has 0 bridgehead atoms. The molecule has 32 heavy (non-hydrogen) atoms. The maximum atomic E-state index is 9.64. The predicted molar refractivity (Wildman–Crippen MR) is 142 cm³/mol. The number of hydrogen-bond donors (Lipinski definition) is 3. The minimum atomic E-state index is -0.125. The topological polar surface area (TPSA) is 69.1 Å². The second-order valence-corrected chi connectivity index (χ2v) is 8.45. The fraction of sp³-hybridized carbons (Fsp3) is 0.458. The number of ether oxygens (including phenoxy) is 1. The first-order valence-corrected chi connectivity index (χ1v) is 11.2. The van der Waals surface area contributed by atoms with Gasteiger partial charge in [-0.2, -0.15) is 0 Å². The lowest BCUT2D eigenvalue weighted by atomic mass is 10.1. The number of halogens is 2. The van der Waals surface area contributed by atoms with Gasteiger partial charge in [-0.3, -0.25) is 9.89 Å². The average Bonchev–Trinajstić information content (AvgIpc) is 2.78. The molecule has 0 aromatic heterocycles. The van der Waals surface area contributed by atoms with Gasteiger partial charge in [-0.1, -0.05) is 35.9 Å². The van der Waals surface area contributed by atoms with Gasteiger partial charge in [0.2, 0.25) is 0 Å². The number of nitrogens with zero attached hydrogens (tertiary/aromatic N) is 2. The smallest absolute Gasteiger partial charge is 0.191 e. The van der Waals surface area contributed by atoms with Gasteiger partial charge in [-0.05, 0) is 55.2 Å². The van der Waals surface area contributed by atoms with Crippen LogP contribution in [-0.4, -0.2) is 54.9 Å². The Balaban J connectivity index is 0.00000363. The van der Waals surface area contributed by atoms with E-state index in [-0.39, 0.29) is 36.2 Å². The molecule has 2 aromatic carbocycles. The Labute approximate surface area is 213 Å². The SMILES string of the molecule is CN=C(NCc1ccc(CN2CCC(O)CC2)cc1)NCC(C)Oc1ccc(Cl)cc1.I. The third kappa shape index (κ3) is 9.13. The standard InChI is InChI=1S/C24H33ClN4O2.HI/c1-18(31-23-9-7-21(25)8-10-23)15-27-24(26-2)28-16-19-3-5-20(6-4-19)17-29-13-11-22(30)12-14-29;/h3-10,18,22,30H,11-17H2,1-2H3,(H2,26,27,28);1H. The van der Waals surface area contributed by atoms with Crippen LogP contribution in [0.15, 0.2) is 53.5 Å². The van der Waals surface area contributed by atoms with Crippen molar-refractivity contribution in [3.05, 3.63) is 64.7 Å². The van der Waals surface area contributed by atoms with Crippen molar-refractivity contribution in [2.24, 2.45) is 4.99 Å². The summed E-state index contributed by atoms with van der Waals surface area (Å²) < 4.78 is 5.89. The number of nitrogens with one attached hydrogen (secondary N) is 2. The molecule has 1 aliphatic rings. The molecule has 0 amide bonds. The van der Waals surface area contributed by atoms with E-state index in [9.17, 15) is 5.11 Å². The van der Waals surface area contributed by atoms with E-state index in [2.05, 4.69) is 44.8 Å². The van der Waals surface area contributed by atoms with Crippen molar-refractivity contribution < 1.29 is 9.84 Å². The summed E-state index contributed by atoms with van der Waals surface area (Å²) in [4.78, 5) is 6.69. The molecule has 3 N–H and O–H groups in total. The summed E-state index contributed by atoms with van der Waals surface area (Å²) in [5.41, 5.74) is 2.50. The lowest BCUT2D eigenvalue weighted by molar-refractivity contribution is 0.0792. The van der Waals surface area contributed by atoms with Crippen molar-refractivity contribution in [3.63, 3.8) is 0 Å².